The van der Waals surface area contributed by atoms with E-state index in [-0.39, 0.29) is 5.91 Å². The van der Waals surface area contributed by atoms with E-state index in [0.717, 1.165) is 31.7 Å². The molecule has 0 atom stereocenters. The Kier molecular flexibility index (Phi) is 3.84. The van der Waals surface area contributed by atoms with E-state index in [2.05, 4.69) is 17.4 Å². The van der Waals surface area contributed by atoms with Gasteiger partial charge in [0.15, 0.2) is 0 Å². The summed E-state index contributed by atoms with van der Waals surface area (Å²) >= 11 is 0. The molecule has 1 amide bonds. The summed E-state index contributed by atoms with van der Waals surface area (Å²) in [7, 11) is 2.08. The molecule has 0 aromatic heterocycles. The summed E-state index contributed by atoms with van der Waals surface area (Å²) in [5.41, 5.74) is 10.9. The average molecular weight is 248 g/mol. The Labute approximate surface area is 108 Å². The lowest BCUT2D eigenvalue weighted by atomic mass is 10.1. The van der Waals surface area contributed by atoms with E-state index in [4.69, 9.17) is 5.73 Å². The Morgan fingerprint density at radius 1 is 1.28 bits per heavy atom. The first-order valence-corrected chi connectivity index (χ1v) is 6.17. The molecule has 1 saturated heterocycles. The van der Waals surface area contributed by atoms with Crippen molar-refractivity contribution >= 4 is 11.6 Å². The largest absolute Gasteiger partial charge is 0.398 e. The van der Waals surface area contributed by atoms with Crippen LogP contribution in [0.2, 0.25) is 0 Å². The maximum absolute atomic E-state index is 12.1. The highest BCUT2D eigenvalue weighted by Gasteiger charge is 2.17. The lowest BCUT2D eigenvalue weighted by Gasteiger charge is -2.32. The molecule has 2 rings (SSSR count). The predicted octanol–water partition coefficient (Wildman–Crippen LogP) is 0.469. The van der Waals surface area contributed by atoms with E-state index in [1.165, 1.54) is 0 Å². The number of anilines is 1. The lowest BCUT2D eigenvalue weighted by Crippen LogP contribution is -2.52. The van der Waals surface area contributed by atoms with Crippen LogP contribution in [-0.2, 0) is 0 Å². The number of nitrogens with two attached hydrogens (primary N) is 1. The smallest absolute Gasteiger partial charge is 0.265 e. The number of benzene rings is 1. The normalized spacial score (nSPS) is 17.7. The van der Waals surface area contributed by atoms with Gasteiger partial charge in [-0.15, -0.1) is 0 Å². The molecule has 5 heteroatoms. The topological polar surface area (TPSA) is 61.6 Å². The molecule has 3 N–H and O–H groups in total. The second-order valence-electron chi connectivity index (χ2n) is 4.75. The predicted molar refractivity (Wildman–Crippen MR) is 72.1 cm³/mol. The van der Waals surface area contributed by atoms with Crippen LogP contribution in [0.25, 0.3) is 0 Å². The molecule has 18 heavy (non-hydrogen) atoms. The van der Waals surface area contributed by atoms with Gasteiger partial charge in [0.25, 0.3) is 5.91 Å². The number of nitrogens with zero attached hydrogens (tertiary/aromatic N) is 2. The van der Waals surface area contributed by atoms with Crippen molar-refractivity contribution in [3.63, 3.8) is 0 Å². The number of likely N-dealkylation sites (N-methyl/N-ethyl adjacent to an activating group) is 1. The molecule has 0 aliphatic carbocycles. The Bertz CT molecular complexity index is 439. The van der Waals surface area contributed by atoms with Crippen LogP contribution in [0.3, 0.4) is 0 Å². The second-order valence-corrected chi connectivity index (χ2v) is 4.75. The van der Waals surface area contributed by atoms with E-state index < -0.39 is 0 Å². The molecule has 1 aliphatic rings. The van der Waals surface area contributed by atoms with E-state index in [1.54, 1.807) is 12.1 Å². The third kappa shape index (κ3) is 2.80. The summed E-state index contributed by atoms with van der Waals surface area (Å²) in [4.78, 5) is 14.4. The van der Waals surface area contributed by atoms with Gasteiger partial charge in [-0.3, -0.25) is 10.2 Å². The zero-order chi connectivity index (χ0) is 13.1. The van der Waals surface area contributed by atoms with E-state index >= 15 is 0 Å². The fourth-order valence-corrected chi connectivity index (χ4v) is 2.02. The lowest BCUT2D eigenvalue weighted by molar-refractivity contribution is 0.0662. The molecule has 0 unspecified atom stereocenters. The van der Waals surface area contributed by atoms with Gasteiger partial charge in [0, 0.05) is 37.4 Å². The van der Waals surface area contributed by atoms with Crippen molar-refractivity contribution < 1.29 is 4.79 Å². The number of nitrogen functional groups attached to an aromatic ring is 1. The number of hydrazine groups is 1. The Morgan fingerprint density at radius 2 is 1.94 bits per heavy atom. The van der Waals surface area contributed by atoms with Crippen LogP contribution < -0.4 is 11.2 Å². The molecule has 0 bridgehead atoms. The van der Waals surface area contributed by atoms with Gasteiger partial charge in [-0.1, -0.05) is 6.07 Å². The Balaban J connectivity index is 2.01. The molecular formula is C13H20N4O. The summed E-state index contributed by atoms with van der Waals surface area (Å²) in [6, 6.07) is 5.42. The minimum absolute atomic E-state index is 0.0793. The van der Waals surface area contributed by atoms with Crippen molar-refractivity contribution in [2.75, 3.05) is 39.0 Å². The highest BCUT2D eigenvalue weighted by molar-refractivity contribution is 5.96. The van der Waals surface area contributed by atoms with Gasteiger partial charge in [-0.05, 0) is 31.7 Å². The second kappa shape index (κ2) is 5.37. The first-order valence-electron chi connectivity index (χ1n) is 6.17. The fourth-order valence-electron chi connectivity index (χ4n) is 2.02. The quantitative estimate of drug-likeness (QED) is 0.747. The zero-order valence-corrected chi connectivity index (χ0v) is 10.9. The van der Waals surface area contributed by atoms with Crippen LogP contribution in [0.4, 0.5) is 5.69 Å². The molecular weight excluding hydrogens is 228 g/mol. The Morgan fingerprint density at radius 3 is 2.61 bits per heavy atom. The first kappa shape index (κ1) is 12.9. The van der Waals surface area contributed by atoms with Crippen LogP contribution >= 0.6 is 0 Å². The molecule has 0 radical (unpaired) electrons. The summed E-state index contributed by atoms with van der Waals surface area (Å²) < 4.78 is 0. The minimum Gasteiger partial charge on any atom is -0.398 e. The summed E-state index contributed by atoms with van der Waals surface area (Å²) in [5, 5.41) is 1.96. The van der Waals surface area contributed by atoms with Crippen LogP contribution in [0.1, 0.15) is 15.9 Å². The fraction of sp³-hybridized carbons (Fsp3) is 0.462. The van der Waals surface area contributed by atoms with Crippen molar-refractivity contribution in [3.8, 4) is 0 Å². The van der Waals surface area contributed by atoms with Crippen LogP contribution in [-0.4, -0.2) is 49.0 Å². The summed E-state index contributed by atoms with van der Waals surface area (Å²) in [5.74, 6) is -0.0793. The molecule has 0 spiro atoms. The third-order valence-corrected chi connectivity index (χ3v) is 3.38. The maximum atomic E-state index is 12.1. The average Bonchev–Trinajstić information content (AvgIpc) is 2.35. The number of carbonyl (C=O) groups excluding carboxylic acids is 1. The van der Waals surface area contributed by atoms with Gasteiger partial charge in [0.2, 0.25) is 0 Å². The van der Waals surface area contributed by atoms with Crippen molar-refractivity contribution in [1.29, 1.82) is 0 Å². The van der Waals surface area contributed by atoms with Gasteiger partial charge in [0.1, 0.15) is 0 Å². The molecule has 1 aromatic carbocycles. The summed E-state index contributed by atoms with van der Waals surface area (Å²) in [6.07, 6.45) is 0. The number of nitrogens with one attached hydrogen (secondary N) is 1. The molecule has 1 heterocycles. The molecule has 5 nitrogen and oxygen atoms in total. The van der Waals surface area contributed by atoms with E-state index in [9.17, 15) is 4.79 Å². The van der Waals surface area contributed by atoms with E-state index in [1.807, 2.05) is 18.0 Å². The van der Waals surface area contributed by atoms with Crippen LogP contribution in [0.5, 0.6) is 0 Å². The first-order chi connectivity index (χ1) is 8.58. The van der Waals surface area contributed by atoms with Crippen molar-refractivity contribution in [1.82, 2.24) is 15.3 Å². The number of rotatable bonds is 2. The number of piperazine rings is 1. The Hall–Kier alpha value is -1.59. The standard InChI is InChI=1S/C13H20N4O/c1-10-11(4-3-5-12(10)14)13(18)15-17-8-6-16(2)7-9-17/h3-5H,6-9,14H2,1-2H3,(H,15,18). The van der Waals surface area contributed by atoms with Crippen LogP contribution in [0, 0.1) is 6.92 Å². The maximum Gasteiger partial charge on any atom is 0.265 e. The SMILES string of the molecule is Cc1c(N)cccc1C(=O)NN1CCN(C)CC1. The number of hydrogen-bond acceptors (Lipinski definition) is 4. The molecule has 0 saturated carbocycles. The number of carbonyl (C=O) groups is 1. The monoisotopic (exact) mass is 248 g/mol. The number of amides is 1. The van der Waals surface area contributed by atoms with Gasteiger partial charge in [0.05, 0.1) is 0 Å². The van der Waals surface area contributed by atoms with Gasteiger partial charge >= 0.3 is 0 Å². The minimum atomic E-state index is -0.0793. The van der Waals surface area contributed by atoms with Crippen molar-refractivity contribution in [2.24, 2.45) is 0 Å². The van der Waals surface area contributed by atoms with Gasteiger partial charge in [-0.25, -0.2) is 5.01 Å². The van der Waals surface area contributed by atoms with Crippen LogP contribution in [0.15, 0.2) is 18.2 Å². The molecule has 1 aliphatic heterocycles. The summed E-state index contributed by atoms with van der Waals surface area (Å²) in [6.45, 7) is 5.51. The molecule has 98 valence electrons. The van der Waals surface area contributed by atoms with Gasteiger partial charge in [-0.2, -0.15) is 0 Å². The zero-order valence-electron chi connectivity index (χ0n) is 10.9. The molecule has 1 fully saturated rings. The van der Waals surface area contributed by atoms with Crippen molar-refractivity contribution in [2.45, 2.75) is 6.92 Å². The highest BCUT2D eigenvalue weighted by atomic mass is 16.2. The third-order valence-electron chi connectivity index (χ3n) is 3.38. The van der Waals surface area contributed by atoms with Crippen molar-refractivity contribution in [3.05, 3.63) is 29.3 Å². The highest BCUT2D eigenvalue weighted by Crippen LogP contribution is 2.15. The number of hydrogen-bond donors (Lipinski definition) is 2. The van der Waals surface area contributed by atoms with E-state index in [0.29, 0.717) is 11.3 Å². The molecule has 1 aromatic rings. The van der Waals surface area contributed by atoms with Gasteiger partial charge < -0.3 is 10.6 Å².